The Morgan fingerprint density at radius 1 is 1.00 bits per heavy atom. The lowest BCUT2D eigenvalue weighted by Gasteiger charge is -2.34. The second-order valence-electron chi connectivity index (χ2n) is 4.86. The van der Waals surface area contributed by atoms with Crippen molar-refractivity contribution in [3.05, 3.63) is 71.8 Å². The minimum Gasteiger partial charge on any atom is -0.467 e. The molecule has 2 aromatic rings. The predicted molar refractivity (Wildman–Crippen MR) is 77.4 cm³/mol. The molecular formula is C17H18O3. The number of hydrogen-bond acceptors (Lipinski definition) is 3. The number of rotatable bonds is 4. The lowest BCUT2D eigenvalue weighted by molar-refractivity contribution is -0.153. The number of carbonyl (C=O) groups excluding carboxylic acids is 1. The van der Waals surface area contributed by atoms with E-state index in [-0.39, 0.29) is 0 Å². The van der Waals surface area contributed by atoms with Gasteiger partial charge in [0.25, 0.3) is 0 Å². The van der Waals surface area contributed by atoms with Gasteiger partial charge in [-0.2, -0.15) is 0 Å². The van der Waals surface area contributed by atoms with Crippen LogP contribution in [0.25, 0.3) is 0 Å². The summed E-state index contributed by atoms with van der Waals surface area (Å²) in [6, 6.07) is 19.0. The van der Waals surface area contributed by atoms with Crippen LogP contribution in [0.4, 0.5) is 0 Å². The summed E-state index contributed by atoms with van der Waals surface area (Å²) in [5.74, 6) is -0.639. The third kappa shape index (κ3) is 2.45. The Labute approximate surface area is 118 Å². The average molecular weight is 270 g/mol. The number of aliphatic hydroxyl groups is 1. The molecule has 0 spiro atoms. The first-order chi connectivity index (χ1) is 9.60. The molecule has 1 atom stereocenters. The molecule has 1 N–H and O–H groups in total. The third-order valence-corrected chi connectivity index (χ3v) is 3.72. The first kappa shape index (κ1) is 14.3. The van der Waals surface area contributed by atoms with Crippen LogP contribution < -0.4 is 0 Å². The topological polar surface area (TPSA) is 46.5 Å². The Balaban J connectivity index is 2.58. The molecule has 0 fully saturated rings. The maximum Gasteiger partial charge on any atom is 0.335 e. The summed E-state index contributed by atoms with van der Waals surface area (Å²) < 4.78 is 4.71. The molecule has 0 saturated carbocycles. The maximum absolute atomic E-state index is 11.8. The summed E-state index contributed by atoms with van der Waals surface area (Å²) in [5.41, 5.74) is 0.878. The van der Waals surface area contributed by atoms with Crippen molar-refractivity contribution >= 4 is 5.97 Å². The zero-order valence-corrected chi connectivity index (χ0v) is 11.6. The molecule has 0 aliphatic rings. The number of ether oxygens (including phenoxy) is 1. The summed E-state index contributed by atoms with van der Waals surface area (Å²) in [4.78, 5) is 11.8. The Bertz CT molecular complexity index is 524. The molecule has 0 aliphatic heterocycles. The molecule has 0 unspecified atom stereocenters. The van der Waals surface area contributed by atoms with Crippen molar-refractivity contribution in [3.63, 3.8) is 0 Å². The van der Waals surface area contributed by atoms with E-state index in [0.717, 1.165) is 11.1 Å². The summed E-state index contributed by atoms with van der Waals surface area (Å²) in [5, 5.41) is 10.5. The predicted octanol–water partition coefficient (Wildman–Crippen LogP) is 2.53. The lowest BCUT2D eigenvalue weighted by atomic mass is 9.72. The molecule has 0 heterocycles. The summed E-state index contributed by atoms with van der Waals surface area (Å²) >= 11 is 0. The van der Waals surface area contributed by atoms with Crippen LogP contribution in [0, 0.1) is 0 Å². The number of benzene rings is 2. The molecule has 0 bridgehead atoms. The van der Waals surface area contributed by atoms with E-state index in [1.165, 1.54) is 7.11 Å². The number of methoxy groups -OCH3 is 1. The van der Waals surface area contributed by atoms with E-state index in [1.54, 1.807) is 0 Å². The first-order valence-corrected chi connectivity index (χ1v) is 6.47. The monoisotopic (exact) mass is 270 g/mol. The molecule has 104 valence electrons. The summed E-state index contributed by atoms with van der Waals surface area (Å²) in [6.07, 6.45) is -1.27. The van der Waals surface area contributed by atoms with Gasteiger partial charge in [0.1, 0.15) is 0 Å². The summed E-state index contributed by atoms with van der Waals surface area (Å²) in [7, 11) is 1.28. The van der Waals surface area contributed by atoms with Crippen LogP contribution in [0.1, 0.15) is 18.1 Å². The largest absolute Gasteiger partial charge is 0.467 e. The quantitative estimate of drug-likeness (QED) is 0.868. The molecule has 3 nitrogen and oxygen atoms in total. The van der Waals surface area contributed by atoms with Gasteiger partial charge in [0, 0.05) is 0 Å². The van der Waals surface area contributed by atoms with Crippen LogP contribution in [0.3, 0.4) is 0 Å². The van der Waals surface area contributed by atoms with Crippen molar-refractivity contribution in [3.8, 4) is 0 Å². The highest BCUT2D eigenvalue weighted by Crippen LogP contribution is 2.35. The van der Waals surface area contributed by atoms with Crippen LogP contribution in [0.2, 0.25) is 0 Å². The molecule has 3 heteroatoms. The maximum atomic E-state index is 11.8. The van der Waals surface area contributed by atoms with Crippen molar-refractivity contribution in [2.24, 2.45) is 0 Å². The molecule has 2 rings (SSSR count). The fraction of sp³-hybridized carbons (Fsp3) is 0.235. The highest BCUT2D eigenvalue weighted by atomic mass is 16.5. The standard InChI is InChI=1S/C17H18O3/c1-17(15(18)16(19)20-2,13-9-5-3-6-10-13)14-11-7-4-8-12-14/h3-12,15,18H,1-2H3/t15-/m0/s1. The van der Waals surface area contributed by atoms with Gasteiger partial charge >= 0.3 is 5.97 Å². The number of aliphatic hydroxyl groups excluding tert-OH is 1. The van der Waals surface area contributed by atoms with Gasteiger partial charge in [-0.25, -0.2) is 4.79 Å². The molecule has 0 aromatic heterocycles. The lowest BCUT2D eigenvalue weighted by Crippen LogP contribution is -2.43. The van der Waals surface area contributed by atoms with Crippen LogP contribution >= 0.6 is 0 Å². The van der Waals surface area contributed by atoms with Gasteiger partial charge in [-0.1, -0.05) is 60.7 Å². The van der Waals surface area contributed by atoms with Crippen LogP contribution in [0.15, 0.2) is 60.7 Å². The van der Waals surface area contributed by atoms with Gasteiger partial charge in [0.2, 0.25) is 0 Å². The SMILES string of the molecule is COC(=O)[C@H](O)C(C)(c1ccccc1)c1ccccc1. The molecule has 0 aliphatic carbocycles. The number of hydrogen-bond donors (Lipinski definition) is 1. The fourth-order valence-electron chi connectivity index (χ4n) is 2.40. The molecule has 0 radical (unpaired) electrons. The van der Waals surface area contributed by atoms with E-state index >= 15 is 0 Å². The number of carbonyl (C=O) groups is 1. The van der Waals surface area contributed by atoms with Crippen LogP contribution in [-0.2, 0) is 14.9 Å². The van der Waals surface area contributed by atoms with Gasteiger partial charge in [-0.15, -0.1) is 0 Å². The molecule has 20 heavy (non-hydrogen) atoms. The van der Waals surface area contributed by atoms with E-state index in [0.29, 0.717) is 0 Å². The van der Waals surface area contributed by atoms with Gasteiger partial charge in [-0.3, -0.25) is 0 Å². The van der Waals surface area contributed by atoms with E-state index in [1.807, 2.05) is 67.6 Å². The smallest absolute Gasteiger partial charge is 0.335 e. The molecule has 0 amide bonds. The van der Waals surface area contributed by atoms with Crippen molar-refractivity contribution in [2.75, 3.05) is 7.11 Å². The summed E-state index contributed by atoms with van der Waals surface area (Å²) in [6.45, 7) is 1.85. The van der Waals surface area contributed by atoms with Crippen molar-refractivity contribution in [1.29, 1.82) is 0 Å². The zero-order chi connectivity index (χ0) is 14.6. The second-order valence-corrected chi connectivity index (χ2v) is 4.86. The third-order valence-electron chi connectivity index (χ3n) is 3.72. The number of esters is 1. The van der Waals surface area contributed by atoms with E-state index in [9.17, 15) is 9.90 Å². The normalized spacial score (nSPS) is 12.8. The van der Waals surface area contributed by atoms with E-state index < -0.39 is 17.5 Å². The average Bonchev–Trinajstić information content (AvgIpc) is 2.54. The van der Waals surface area contributed by atoms with Crippen molar-refractivity contribution < 1.29 is 14.6 Å². The van der Waals surface area contributed by atoms with Crippen LogP contribution in [0.5, 0.6) is 0 Å². The highest BCUT2D eigenvalue weighted by molar-refractivity contribution is 5.78. The Hall–Kier alpha value is -2.13. The van der Waals surface area contributed by atoms with Gasteiger partial charge in [-0.05, 0) is 18.1 Å². The van der Waals surface area contributed by atoms with Crippen molar-refractivity contribution in [2.45, 2.75) is 18.4 Å². The minimum atomic E-state index is -1.27. The van der Waals surface area contributed by atoms with Gasteiger partial charge < -0.3 is 9.84 Å². The molecule has 2 aromatic carbocycles. The minimum absolute atomic E-state index is 0.639. The second kappa shape index (κ2) is 5.88. The first-order valence-electron chi connectivity index (χ1n) is 6.47. The Kier molecular flexibility index (Phi) is 4.20. The van der Waals surface area contributed by atoms with E-state index in [4.69, 9.17) is 4.74 Å². The van der Waals surface area contributed by atoms with Gasteiger partial charge in [0.05, 0.1) is 12.5 Å². The fourth-order valence-corrected chi connectivity index (χ4v) is 2.40. The van der Waals surface area contributed by atoms with Gasteiger partial charge in [0.15, 0.2) is 6.10 Å². The van der Waals surface area contributed by atoms with Crippen molar-refractivity contribution in [1.82, 2.24) is 0 Å². The van der Waals surface area contributed by atoms with Crippen LogP contribution in [-0.4, -0.2) is 24.3 Å². The highest BCUT2D eigenvalue weighted by Gasteiger charge is 2.41. The Morgan fingerprint density at radius 3 is 1.75 bits per heavy atom. The zero-order valence-electron chi connectivity index (χ0n) is 11.6. The Morgan fingerprint density at radius 2 is 1.40 bits per heavy atom. The molecular weight excluding hydrogens is 252 g/mol. The van der Waals surface area contributed by atoms with E-state index in [2.05, 4.69) is 0 Å². The molecule has 0 saturated heterocycles.